The van der Waals surface area contributed by atoms with Gasteiger partial charge in [-0.15, -0.1) is 0 Å². The number of ether oxygens (including phenoxy) is 2. The first-order chi connectivity index (χ1) is 8.76. The Bertz CT molecular complexity index is 471. The van der Waals surface area contributed by atoms with Crippen molar-refractivity contribution in [2.45, 2.75) is 33.3 Å². The third-order valence-electron chi connectivity index (χ3n) is 2.53. The van der Waals surface area contributed by atoms with E-state index in [0.717, 1.165) is 0 Å². The standard InChI is InChI=1S/C15H20O4/c1-10(14(17)19-15(2,3)4)13(16)11-8-6-7-9-12(11)18-5/h6-10H,1-5H3. The Labute approximate surface area is 113 Å². The molecule has 1 aromatic rings. The van der Waals surface area contributed by atoms with E-state index in [1.807, 2.05) is 0 Å². The maximum Gasteiger partial charge on any atom is 0.317 e. The number of Topliss-reactive ketones (excluding diaryl/α,β-unsaturated/α-hetero) is 1. The summed E-state index contributed by atoms with van der Waals surface area (Å²) in [5, 5.41) is 0. The number of carbonyl (C=O) groups excluding carboxylic acids is 2. The fraction of sp³-hybridized carbons (Fsp3) is 0.467. The molecular formula is C15H20O4. The molecule has 0 spiro atoms. The number of para-hydroxylation sites is 1. The molecule has 0 aliphatic heterocycles. The third-order valence-corrected chi connectivity index (χ3v) is 2.53. The van der Waals surface area contributed by atoms with Crippen molar-refractivity contribution in [3.63, 3.8) is 0 Å². The zero-order valence-corrected chi connectivity index (χ0v) is 12.0. The van der Waals surface area contributed by atoms with E-state index >= 15 is 0 Å². The molecule has 104 valence electrons. The fourth-order valence-electron chi connectivity index (χ4n) is 1.58. The van der Waals surface area contributed by atoms with E-state index in [0.29, 0.717) is 11.3 Å². The summed E-state index contributed by atoms with van der Waals surface area (Å²) in [4.78, 5) is 24.2. The number of ketones is 1. The van der Waals surface area contributed by atoms with Crippen molar-refractivity contribution >= 4 is 11.8 Å². The summed E-state index contributed by atoms with van der Waals surface area (Å²) in [6.07, 6.45) is 0. The second kappa shape index (κ2) is 5.87. The smallest absolute Gasteiger partial charge is 0.317 e. The van der Waals surface area contributed by atoms with Crippen LogP contribution in [-0.4, -0.2) is 24.5 Å². The number of rotatable bonds is 4. The van der Waals surface area contributed by atoms with Crippen molar-refractivity contribution in [2.24, 2.45) is 5.92 Å². The molecule has 4 heteroatoms. The molecule has 19 heavy (non-hydrogen) atoms. The van der Waals surface area contributed by atoms with Crippen LogP contribution in [0.15, 0.2) is 24.3 Å². The fourth-order valence-corrected chi connectivity index (χ4v) is 1.58. The molecule has 0 fully saturated rings. The minimum Gasteiger partial charge on any atom is -0.496 e. The van der Waals surface area contributed by atoms with Gasteiger partial charge in [-0.1, -0.05) is 12.1 Å². The van der Waals surface area contributed by atoms with Gasteiger partial charge in [0.15, 0.2) is 5.78 Å². The minimum atomic E-state index is -0.851. The highest BCUT2D eigenvalue weighted by atomic mass is 16.6. The Morgan fingerprint density at radius 3 is 2.26 bits per heavy atom. The number of esters is 1. The molecule has 0 aromatic heterocycles. The average molecular weight is 264 g/mol. The molecule has 0 saturated heterocycles. The summed E-state index contributed by atoms with van der Waals surface area (Å²) in [5.41, 5.74) is -0.213. The molecule has 1 atom stereocenters. The van der Waals surface area contributed by atoms with Crippen molar-refractivity contribution in [2.75, 3.05) is 7.11 Å². The highest BCUT2D eigenvalue weighted by molar-refractivity contribution is 6.09. The van der Waals surface area contributed by atoms with E-state index in [2.05, 4.69) is 0 Å². The van der Waals surface area contributed by atoms with Crippen molar-refractivity contribution in [3.8, 4) is 5.75 Å². The Morgan fingerprint density at radius 1 is 1.16 bits per heavy atom. The van der Waals surface area contributed by atoms with Gasteiger partial charge in [-0.25, -0.2) is 0 Å². The van der Waals surface area contributed by atoms with Crippen molar-refractivity contribution < 1.29 is 19.1 Å². The summed E-state index contributed by atoms with van der Waals surface area (Å²) in [7, 11) is 1.49. The van der Waals surface area contributed by atoms with E-state index in [1.54, 1.807) is 52.0 Å². The molecule has 1 unspecified atom stereocenters. The van der Waals surface area contributed by atoms with Gasteiger partial charge in [-0.3, -0.25) is 9.59 Å². The summed E-state index contributed by atoms with van der Waals surface area (Å²) >= 11 is 0. The maximum absolute atomic E-state index is 12.3. The third kappa shape index (κ3) is 4.09. The first-order valence-electron chi connectivity index (χ1n) is 6.16. The number of hydrogen-bond donors (Lipinski definition) is 0. The molecule has 0 amide bonds. The molecule has 0 saturated carbocycles. The number of methoxy groups -OCH3 is 1. The minimum absolute atomic E-state index is 0.299. The first kappa shape index (κ1) is 15.2. The number of benzene rings is 1. The van der Waals surface area contributed by atoms with Crippen molar-refractivity contribution in [1.82, 2.24) is 0 Å². The van der Waals surface area contributed by atoms with Gasteiger partial charge < -0.3 is 9.47 Å². The van der Waals surface area contributed by atoms with Crippen LogP contribution >= 0.6 is 0 Å². The second-order valence-electron chi connectivity index (χ2n) is 5.32. The summed E-state index contributed by atoms with van der Waals surface area (Å²) in [6, 6.07) is 6.84. The summed E-state index contributed by atoms with van der Waals surface area (Å²) < 4.78 is 10.3. The van der Waals surface area contributed by atoms with Gasteiger partial charge in [0.2, 0.25) is 0 Å². The van der Waals surface area contributed by atoms with E-state index in [-0.39, 0.29) is 5.78 Å². The Kier molecular flexibility index (Phi) is 4.70. The molecular weight excluding hydrogens is 244 g/mol. The lowest BCUT2D eigenvalue weighted by Crippen LogP contribution is -2.31. The largest absolute Gasteiger partial charge is 0.496 e. The quantitative estimate of drug-likeness (QED) is 0.476. The lowest BCUT2D eigenvalue weighted by atomic mass is 9.98. The predicted octanol–water partition coefficient (Wildman–Crippen LogP) is 2.86. The molecule has 0 radical (unpaired) electrons. The zero-order chi connectivity index (χ0) is 14.6. The monoisotopic (exact) mass is 264 g/mol. The van der Waals surface area contributed by atoms with Gasteiger partial charge in [-0.2, -0.15) is 0 Å². The van der Waals surface area contributed by atoms with Crippen LogP contribution in [0.25, 0.3) is 0 Å². The summed E-state index contributed by atoms with van der Waals surface area (Å²) in [6.45, 7) is 6.85. The molecule has 0 heterocycles. The predicted molar refractivity (Wildman–Crippen MR) is 72.3 cm³/mol. The van der Waals surface area contributed by atoms with Crippen LogP contribution < -0.4 is 4.74 Å². The lowest BCUT2D eigenvalue weighted by molar-refractivity contribution is -0.157. The normalized spacial score (nSPS) is 12.7. The van der Waals surface area contributed by atoms with Gasteiger partial charge in [0.25, 0.3) is 0 Å². The molecule has 0 bridgehead atoms. The first-order valence-corrected chi connectivity index (χ1v) is 6.16. The molecule has 1 rings (SSSR count). The number of hydrogen-bond acceptors (Lipinski definition) is 4. The van der Waals surface area contributed by atoms with Crippen molar-refractivity contribution in [3.05, 3.63) is 29.8 Å². The van der Waals surface area contributed by atoms with E-state index in [1.165, 1.54) is 7.11 Å². The Balaban J connectivity index is 2.91. The van der Waals surface area contributed by atoms with Gasteiger partial charge in [0, 0.05) is 0 Å². The van der Waals surface area contributed by atoms with Crippen LogP contribution in [-0.2, 0) is 9.53 Å². The highest BCUT2D eigenvalue weighted by Crippen LogP contribution is 2.22. The zero-order valence-electron chi connectivity index (χ0n) is 12.0. The van der Waals surface area contributed by atoms with Crippen LogP contribution in [0.5, 0.6) is 5.75 Å². The topological polar surface area (TPSA) is 52.6 Å². The molecule has 0 aliphatic carbocycles. The van der Waals surface area contributed by atoms with Gasteiger partial charge in [0.05, 0.1) is 12.7 Å². The lowest BCUT2D eigenvalue weighted by Gasteiger charge is -2.22. The van der Waals surface area contributed by atoms with E-state index < -0.39 is 17.5 Å². The van der Waals surface area contributed by atoms with Crippen LogP contribution in [0.4, 0.5) is 0 Å². The molecule has 1 aromatic carbocycles. The maximum atomic E-state index is 12.3. The van der Waals surface area contributed by atoms with Gasteiger partial charge in [-0.05, 0) is 39.8 Å². The Hall–Kier alpha value is -1.84. The number of carbonyl (C=O) groups is 2. The van der Waals surface area contributed by atoms with E-state index in [4.69, 9.17) is 9.47 Å². The van der Waals surface area contributed by atoms with Gasteiger partial charge >= 0.3 is 5.97 Å². The second-order valence-corrected chi connectivity index (χ2v) is 5.32. The van der Waals surface area contributed by atoms with Crippen molar-refractivity contribution in [1.29, 1.82) is 0 Å². The van der Waals surface area contributed by atoms with Crippen LogP contribution in [0.2, 0.25) is 0 Å². The summed E-state index contributed by atoms with van der Waals surface area (Å²) in [5.74, 6) is -1.21. The Morgan fingerprint density at radius 2 is 1.74 bits per heavy atom. The molecule has 4 nitrogen and oxygen atoms in total. The molecule has 0 aliphatic rings. The van der Waals surface area contributed by atoms with Crippen LogP contribution in [0.1, 0.15) is 38.1 Å². The van der Waals surface area contributed by atoms with Crippen LogP contribution in [0.3, 0.4) is 0 Å². The highest BCUT2D eigenvalue weighted by Gasteiger charge is 2.29. The van der Waals surface area contributed by atoms with Crippen LogP contribution in [0, 0.1) is 5.92 Å². The SMILES string of the molecule is COc1ccccc1C(=O)C(C)C(=O)OC(C)(C)C. The van der Waals surface area contributed by atoms with E-state index in [9.17, 15) is 9.59 Å². The average Bonchev–Trinajstić information content (AvgIpc) is 2.34. The van der Waals surface area contributed by atoms with Gasteiger partial charge in [0.1, 0.15) is 17.3 Å². The molecule has 0 N–H and O–H groups in total.